The normalized spacial score (nSPS) is 17.6. The van der Waals surface area contributed by atoms with Crippen molar-refractivity contribution in [3.63, 3.8) is 0 Å². The highest BCUT2D eigenvalue weighted by Crippen LogP contribution is 2.40. The highest BCUT2D eigenvalue weighted by molar-refractivity contribution is 5.87. The van der Waals surface area contributed by atoms with Crippen LogP contribution in [0.25, 0.3) is 11.0 Å². The molecule has 0 aliphatic carbocycles. The second-order valence-electron chi connectivity index (χ2n) is 5.91. The summed E-state index contributed by atoms with van der Waals surface area (Å²) in [5.74, 6) is 1.68. The van der Waals surface area contributed by atoms with E-state index in [2.05, 4.69) is 46.2 Å². The van der Waals surface area contributed by atoms with Crippen LogP contribution in [0.1, 0.15) is 40.0 Å². The summed E-state index contributed by atoms with van der Waals surface area (Å²) < 4.78 is 0. The Labute approximate surface area is 125 Å². The molecule has 1 fully saturated rings. The number of aromatic amines is 1. The zero-order valence-electron chi connectivity index (χ0n) is 13.1. The first-order chi connectivity index (χ1) is 10.2. The topological polar surface area (TPSA) is 69.7 Å². The van der Waals surface area contributed by atoms with Crippen molar-refractivity contribution in [2.24, 2.45) is 5.41 Å². The van der Waals surface area contributed by atoms with Gasteiger partial charge < -0.3 is 10.2 Å². The lowest BCUT2D eigenvalue weighted by molar-refractivity contribution is 0.301. The number of hydrogen-bond donors (Lipinski definition) is 2. The van der Waals surface area contributed by atoms with E-state index in [0.717, 1.165) is 36.5 Å². The van der Waals surface area contributed by atoms with Gasteiger partial charge in [0.25, 0.3) is 0 Å². The summed E-state index contributed by atoms with van der Waals surface area (Å²) in [6, 6.07) is 0. The van der Waals surface area contributed by atoms with Crippen LogP contribution in [0.3, 0.4) is 0 Å². The van der Waals surface area contributed by atoms with Crippen LogP contribution in [0.5, 0.6) is 0 Å². The van der Waals surface area contributed by atoms with Crippen molar-refractivity contribution in [2.75, 3.05) is 29.9 Å². The van der Waals surface area contributed by atoms with E-state index in [1.54, 1.807) is 0 Å². The largest absolute Gasteiger partial charge is 0.355 e. The second-order valence-corrected chi connectivity index (χ2v) is 5.91. The molecule has 1 saturated heterocycles. The van der Waals surface area contributed by atoms with Crippen LogP contribution in [0.15, 0.2) is 6.20 Å². The van der Waals surface area contributed by atoms with Gasteiger partial charge in [0.2, 0.25) is 5.95 Å². The van der Waals surface area contributed by atoms with Gasteiger partial charge in [-0.2, -0.15) is 15.1 Å². The highest BCUT2D eigenvalue weighted by Gasteiger charge is 2.36. The second kappa shape index (κ2) is 5.50. The predicted octanol–water partition coefficient (Wildman–Crippen LogP) is 2.80. The van der Waals surface area contributed by atoms with Gasteiger partial charge in [-0.15, -0.1) is 0 Å². The van der Waals surface area contributed by atoms with Crippen molar-refractivity contribution < 1.29 is 0 Å². The summed E-state index contributed by atoms with van der Waals surface area (Å²) in [4.78, 5) is 11.6. The number of aromatic nitrogens is 4. The Hall–Kier alpha value is -1.85. The maximum Gasteiger partial charge on any atom is 0.226 e. The van der Waals surface area contributed by atoms with E-state index in [1.807, 2.05) is 6.20 Å². The van der Waals surface area contributed by atoms with Gasteiger partial charge in [-0.05, 0) is 31.6 Å². The Morgan fingerprint density at radius 2 is 2.10 bits per heavy atom. The average Bonchev–Trinajstić information content (AvgIpc) is 3.14. The Balaban J connectivity index is 1.98. The molecular formula is C15H24N6. The molecule has 0 bridgehead atoms. The van der Waals surface area contributed by atoms with E-state index in [1.165, 1.54) is 19.3 Å². The Morgan fingerprint density at radius 3 is 2.76 bits per heavy atom. The Kier molecular flexibility index (Phi) is 3.69. The molecule has 3 heterocycles. The summed E-state index contributed by atoms with van der Waals surface area (Å²) in [5, 5.41) is 11.3. The Bertz CT molecular complexity index is 616. The van der Waals surface area contributed by atoms with Crippen LogP contribution in [-0.2, 0) is 0 Å². The van der Waals surface area contributed by atoms with Crippen molar-refractivity contribution in [1.29, 1.82) is 0 Å². The van der Waals surface area contributed by atoms with Crippen LogP contribution in [0.2, 0.25) is 0 Å². The number of hydrogen-bond acceptors (Lipinski definition) is 5. The zero-order valence-corrected chi connectivity index (χ0v) is 13.1. The summed E-state index contributed by atoms with van der Waals surface area (Å²) in [5.41, 5.74) is 1.24. The molecule has 2 N–H and O–H groups in total. The molecule has 0 aromatic carbocycles. The van der Waals surface area contributed by atoms with E-state index in [0.29, 0.717) is 11.4 Å². The van der Waals surface area contributed by atoms with E-state index in [-0.39, 0.29) is 0 Å². The molecular weight excluding hydrogens is 264 g/mol. The maximum absolute atomic E-state index is 4.72. The molecule has 1 aliphatic heterocycles. The van der Waals surface area contributed by atoms with Gasteiger partial charge >= 0.3 is 0 Å². The van der Waals surface area contributed by atoms with E-state index in [4.69, 9.17) is 4.98 Å². The summed E-state index contributed by atoms with van der Waals surface area (Å²) in [7, 11) is 0. The number of rotatable bonds is 5. The molecule has 2 aromatic rings. The van der Waals surface area contributed by atoms with Crippen LogP contribution >= 0.6 is 0 Å². The number of fused-ring (bicyclic) bond motifs is 1. The third-order valence-corrected chi connectivity index (χ3v) is 4.86. The monoisotopic (exact) mass is 288 g/mol. The number of nitrogens with one attached hydrogen (secondary N) is 2. The molecule has 3 rings (SSSR count). The SMILES string of the molecule is CCNc1nc(N2CCC(CC)(CC)C2)c2cn[nH]c2n1. The first-order valence-electron chi connectivity index (χ1n) is 7.91. The molecule has 0 amide bonds. The smallest absolute Gasteiger partial charge is 0.226 e. The van der Waals surface area contributed by atoms with Crippen LogP contribution < -0.4 is 10.2 Å². The van der Waals surface area contributed by atoms with Crippen LogP contribution in [0, 0.1) is 5.41 Å². The van der Waals surface area contributed by atoms with Crippen molar-refractivity contribution in [1.82, 2.24) is 20.2 Å². The van der Waals surface area contributed by atoms with Crippen molar-refractivity contribution in [3.05, 3.63) is 6.20 Å². The number of anilines is 2. The fraction of sp³-hybridized carbons (Fsp3) is 0.667. The molecule has 6 nitrogen and oxygen atoms in total. The zero-order chi connectivity index (χ0) is 14.9. The summed E-state index contributed by atoms with van der Waals surface area (Å²) >= 11 is 0. The van der Waals surface area contributed by atoms with Gasteiger partial charge in [0.15, 0.2) is 5.65 Å². The minimum Gasteiger partial charge on any atom is -0.355 e. The lowest BCUT2D eigenvalue weighted by Gasteiger charge is -2.27. The van der Waals surface area contributed by atoms with Gasteiger partial charge in [0.1, 0.15) is 5.82 Å². The molecule has 6 heteroatoms. The van der Waals surface area contributed by atoms with Crippen LogP contribution in [0.4, 0.5) is 11.8 Å². The minimum atomic E-state index is 0.430. The van der Waals surface area contributed by atoms with Gasteiger partial charge in [-0.25, -0.2) is 0 Å². The van der Waals surface area contributed by atoms with Gasteiger partial charge in [0.05, 0.1) is 11.6 Å². The third kappa shape index (κ3) is 2.43. The van der Waals surface area contributed by atoms with Crippen molar-refractivity contribution >= 4 is 22.8 Å². The standard InChI is InChI=1S/C15H24N6/c1-4-15(5-2)7-8-21(10-15)13-11-9-17-20-12(11)18-14(19-13)16-6-3/h9H,4-8,10H2,1-3H3,(H2,16,17,18,19,20). The highest BCUT2D eigenvalue weighted by atomic mass is 15.3. The van der Waals surface area contributed by atoms with Crippen LogP contribution in [-0.4, -0.2) is 39.8 Å². The number of H-pyrrole nitrogens is 1. The quantitative estimate of drug-likeness (QED) is 0.885. The molecule has 0 unspecified atom stereocenters. The van der Waals surface area contributed by atoms with Gasteiger partial charge in [0, 0.05) is 19.6 Å². The lowest BCUT2D eigenvalue weighted by Crippen LogP contribution is -2.27. The molecule has 0 atom stereocenters. The molecule has 0 radical (unpaired) electrons. The van der Waals surface area contributed by atoms with E-state index >= 15 is 0 Å². The predicted molar refractivity (Wildman–Crippen MR) is 85.7 cm³/mol. The van der Waals surface area contributed by atoms with E-state index in [9.17, 15) is 0 Å². The van der Waals surface area contributed by atoms with Gasteiger partial charge in [-0.3, -0.25) is 5.10 Å². The fourth-order valence-corrected chi connectivity index (χ4v) is 3.24. The maximum atomic E-state index is 4.72. The molecule has 21 heavy (non-hydrogen) atoms. The molecule has 0 spiro atoms. The molecule has 114 valence electrons. The van der Waals surface area contributed by atoms with Crippen molar-refractivity contribution in [3.8, 4) is 0 Å². The van der Waals surface area contributed by atoms with Crippen molar-refractivity contribution in [2.45, 2.75) is 40.0 Å². The van der Waals surface area contributed by atoms with E-state index < -0.39 is 0 Å². The minimum absolute atomic E-state index is 0.430. The summed E-state index contributed by atoms with van der Waals surface area (Å²) in [6.45, 7) is 9.59. The lowest BCUT2D eigenvalue weighted by atomic mass is 9.82. The Morgan fingerprint density at radius 1 is 1.29 bits per heavy atom. The molecule has 0 saturated carbocycles. The third-order valence-electron chi connectivity index (χ3n) is 4.86. The average molecular weight is 288 g/mol. The molecule has 2 aromatic heterocycles. The fourth-order valence-electron chi connectivity index (χ4n) is 3.24. The van der Waals surface area contributed by atoms with Gasteiger partial charge in [-0.1, -0.05) is 13.8 Å². The number of nitrogens with zero attached hydrogens (tertiary/aromatic N) is 4. The summed E-state index contributed by atoms with van der Waals surface area (Å²) in [6.07, 6.45) is 5.51. The first-order valence-corrected chi connectivity index (χ1v) is 7.91. The first kappa shape index (κ1) is 14.1. The molecule has 1 aliphatic rings.